The highest BCUT2D eigenvalue weighted by atomic mass is 32.2. The number of benzene rings is 2. The minimum Gasteiger partial charge on any atom is -0.444 e. The van der Waals surface area contributed by atoms with E-state index in [0.717, 1.165) is 11.1 Å². The lowest BCUT2D eigenvalue weighted by atomic mass is 10.1. The Morgan fingerprint density at radius 3 is 2.36 bits per heavy atom. The van der Waals surface area contributed by atoms with Crippen molar-refractivity contribution < 1.29 is 13.7 Å². The molecule has 1 unspecified atom stereocenters. The number of nitrogens with one attached hydrogen (secondary N) is 1. The molecule has 1 atom stereocenters. The molecule has 2 rings (SSSR count). The highest BCUT2D eigenvalue weighted by Gasteiger charge is 2.17. The highest BCUT2D eigenvalue weighted by Crippen LogP contribution is 2.18. The van der Waals surface area contributed by atoms with Gasteiger partial charge in [-0.15, -0.1) is 0 Å². The standard InChI is InChI=1S/C20H25NO3S/c1-20(2,3)24-19(22)21-18-12-8-7-11-17(18)13-14-25(23)15-16-9-5-4-6-10-16/h4-12H,13-15H2,1-3H3,(H,21,22). The zero-order chi connectivity index (χ0) is 18.3. The van der Waals surface area contributed by atoms with Crippen molar-refractivity contribution in [3.8, 4) is 0 Å². The molecule has 5 heteroatoms. The molecule has 0 aliphatic heterocycles. The van der Waals surface area contributed by atoms with Crippen molar-refractivity contribution in [3.63, 3.8) is 0 Å². The Kier molecular flexibility index (Phi) is 6.76. The van der Waals surface area contributed by atoms with Gasteiger partial charge in [0, 0.05) is 28.0 Å². The van der Waals surface area contributed by atoms with Gasteiger partial charge in [-0.25, -0.2) is 4.79 Å². The van der Waals surface area contributed by atoms with Crippen LogP contribution >= 0.6 is 0 Å². The van der Waals surface area contributed by atoms with Crippen LogP contribution in [-0.2, 0) is 27.7 Å². The Labute approximate surface area is 152 Å². The summed E-state index contributed by atoms with van der Waals surface area (Å²) in [6, 6.07) is 17.4. The Balaban J connectivity index is 1.94. The number of amides is 1. The molecule has 0 saturated carbocycles. The molecule has 2 aromatic rings. The fraction of sp³-hybridized carbons (Fsp3) is 0.350. The summed E-state index contributed by atoms with van der Waals surface area (Å²) in [6.07, 6.45) is 0.149. The predicted molar refractivity (Wildman–Crippen MR) is 103 cm³/mol. The molecule has 0 heterocycles. The van der Waals surface area contributed by atoms with Gasteiger partial charge in [-0.05, 0) is 44.4 Å². The Bertz CT molecular complexity index is 723. The fourth-order valence-electron chi connectivity index (χ4n) is 2.33. The molecule has 4 nitrogen and oxygen atoms in total. The fourth-order valence-corrected chi connectivity index (χ4v) is 3.49. The molecule has 0 saturated heterocycles. The van der Waals surface area contributed by atoms with Crippen LogP contribution in [0.4, 0.5) is 10.5 Å². The molecule has 1 N–H and O–H groups in total. The summed E-state index contributed by atoms with van der Waals surface area (Å²) in [5, 5.41) is 2.78. The van der Waals surface area contributed by atoms with Crippen LogP contribution in [0, 0.1) is 0 Å². The largest absolute Gasteiger partial charge is 0.444 e. The van der Waals surface area contributed by atoms with E-state index in [0.29, 0.717) is 23.6 Å². The minimum atomic E-state index is -0.952. The summed E-state index contributed by atoms with van der Waals surface area (Å²) in [7, 11) is -0.952. The van der Waals surface area contributed by atoms with E-state index in [1.165, 1.54) is 0 Å². The topological polar surface area (TPSA) is 55.4 Å². The molecule has 0 aliphatic carbocycles. The predicted octanol–water partition coefficient (Wildman–Crippen LogP) is 4.53. The van der Waals surface area contributed by atoms with E-state index >= 15 is 0 Å². The average Bonchev–Trinajstić information content (AvgIpc) is 2.53. The van der Waals surface area contributed by atoms with Crippen LogP contribution in [0.15, 0.2) is 54.6 Å². The highest BCUT2D eigenvalue weighted by molar-refractivity contribution is 7.84. The minimum absolute atomic E-state index is 0.481. The van der Waals surface area contributed by atoms with E-state index in [2.05, 4.69) is 5.32 Å². The van der Waals surface area contributed by atoms with Crippen molar-refractivity contribution in [2.45, 2.75) is 38.5 Å². The van der Waals surface area contributed by atoms with Crippen molar-refractivity contribution in [1.29, 1.82) is 0 Å². The second kappa shape index (κ2) is 8.81. The number of ether oxygens (including phenoxy) is 1. The molecular weight excluding hydrogens is 334 g/mol. The van der Waals surface area contributed by atoms with E-state index in [9.17, 15) is 9.00 Å². The molecule has 2 aromatic carbocycles. The number of aryl methyl sites for hydroxylation is 1. The van der Waals surface area contributed by atoms with Crippen LogP contribution in [-0.4, -0.2) is 21.7 Å². The summed E-state index contributed by atoms with van der Waals surface area (Å²) >= 11 is 0. The summed E-state index contributed by atoms with van der Waals surface area (Å²) in [5.41, 5.74) is 2.18. The van der Waals surface area contributed by atoms with Gasteiger partial charge in [0.25, 0.3) is 0 Å². The van der Waals surface area contributed by atoms with Crippen LogP contribution in [0.2, 0.25) is 0 Å². The van der Waals surface area contributed by atoms with E-state index < -0.39 is 22.5 Å². The van der Waals surface area contributed by atoms with Crippen molar-refractivity contribution in [3.05, 3.63) is 65.7 Å². The second-order valence-electron chi connectivity index (χ2n) is 6.81. The van der Waals surface area contributed by atoms with Crippen molar-refractivity contribution >= 4 is 22.6 Å². The molecular formula is C20H25NO3S. The quantitative estimate of drug-likeness (QED) is 0.825. The lowest BCUT2D eigenvalue weighted by molar-refractivity contribution is 0.0636. The van der Waals surface area contributed by atoms with Crippen LogP contribution in [0.25, 0.3) is 0 Å². The molecule has 134 valence electrons. The molecule has 0 fully saturated rings. The third-order valence-corrected chi connectivity index (χ3v) is 4.74. The normalized spacial score (nSPS) is 12.4. The van der Waals surface area contributed by atoms with Crippen LogP contribution < -0.4 is 5.32 Å². The average molecular weight is 359 g/mol. The summed E-state index contributed by atoms with van der Waals surface area (Å²) in [4.78, 5) is 12.0. The van der Waals surface area contributed by atoms with Gasteiger partial charge in [-0.1, -0.05) is 48.5 Å². The summed E-state index contributed by atoms with van der Waals surface area (Å²) < 4.78 is 17.6. The smallest absolute Gasteiger partial charge is 0.412 e. The van der Waals surface area contributed by atoms with Gasteiger partial charge in [0.1, 0.15) is 5.60 Å². The number of carbonyl (C=O) groups excluding carboxylic acids is 1. The number of rotatable bonds is 6. The van der Waals surface area contributed by atoms with Gasteiger partial charge < -0.3 is 4.74 Å². The van der Waals surface area contributed by atoms with Crippen molar-refractivity contribution in [1.82, 2.24) is 0 Å². The van der Waals surface area contributed by atoms with Gasteiger partial charge in [0.2, 0.25) is 0 Å². The zero-order valence-electron chi connectivity index (χ0n) is 15.0. The molecule has 0 radical (unpaired) electrons. The van der Waals surface area contributed by atoms with Gasteiger partial charge in [-0.2, -0.15) is 0 Å². The lowest BCUT2D eigenvalue weighted by Gasteiger charge is -2.20. The number of hydrogen-bond donors (Lipinski definition) is 1. The summed E-state index contributed by atoms with van der Waals surface area (Å²) in [6.45, 7) is 5.47. The zero-order valence-corrected chi connectivity index (χ0v) is 15.8. The Morgan fingerprint density at radius 1 is 1.04 bits per heavy atom. The Morgan fingerprint density at radius 2 is 1.68 bits per heavy atom. The van der Waals surface area contributed by atoms with Gasteiger partial charge in [0.05, 0.1) is 0 Å². The number of hydrogen-bond acceptors (Lipinski definition) is 3. The number of para-hydroxylation sites is 1. The van der Waals surface area contributed by atoms with E-state index in [1.807, 2.05) is 75.4 Å². The molecule has 25 heavy (non-hydrogen) atoms. The first-order valence-electron chi connectivity index (χ1n) is 8.30. The van der Waals surface area contributed by atoms with Crippen LogP contribution in [0.1, 0.15) is 31.9 Å². The Hall–Kier alpha value is -2.14. The first-order valence-corrected chi connectivity index (χ1v) is 9.79. The monoisotopic (exact) mass is 359 g/mol. The van der Waals surface area contributed by atoms with Gasteiger partial charge >= 0.3 is 6.09 Å². The number of carbonyl (C=O) groups is 1. The molecule has 0 spiro atoms. The second-order valence-corrected chi connectivity index (χ2v) is 8.38. The van der Waals surface area contributed by atoms with E-state index in [1.54, 1.807) is 0 Å². The van der Waals surface area contributed by atoms with Gasteiger partial charge in [-0.3, -0.25) is 9.53 Å². The van der Waals surface area contributed by atoms with Crippen LogP contribution in [0.3, 0.4) is 0 Å². The third-order valence-electron chi connectivity index (χ3n) is 3.42. The molecule has 1 amide bonds. The lowest BCUT2D eigenvalue weighted by Crippen LogP contribution is -2.27. The van der Waals surface area contributed by atoms with Gasteiger partial charge in [0.15, 0.2) is 0 Å². The molecule has 0 aliphatic rings. The number of anilines is 1. The maximum absolute atomic E-state index is 12.3. The molecule has 0 bridgehead atoms. The third kappa shape index (κ3) is 7.10. The van der Waals surface area contributed by atoms with Crippen molar-refractivity contribution in [2.24, 2.45) is 0 Å². The summed E-state index contributed by atoms with van der Waals surface area (Å²) in [5.74, 6) is 1.09. The van der Waals surface area contributed by atoms with Crippen molar-refractivity contribution in [2.75, 3.05) is 11.1 Å². The first kappa shape index (κ1) is 19.2. The van der Waals surface area contributed by atoms with E-state index in [-0.39, 0.29) is 0 Å². The van der Waals surface area contributed by atoms with Crippen LogP contribution in [0.5, 0.6) is 0 Å². The maximum atomic E-state index is 12.3. The van der Waals surface area contributed by atoms with E-state index in [4.69, 9.17) is 4.74 Å². The SMILES string of the molecule is CC(C)(C)OC(=O)Nc1ccccc1CCS(=O)Cc1ccccc1. The molecule has 0 aromatic heterocycles. The first-order chi connectivity index (χ1) is 11.8. The maximum Gasteiger partial charge on any atom is 0.412 e.